The fraction of sp³-hybridized carbons (Fsp3) is 0.222. The fourth-order valence-electron chi connectivity index (χ4n) is 0.940. The fourth-order valence-corrected chi connectivity index (χ4v) is 0.940. The predicted octanol–water partition coefficient (Wildman–Crippen LogP) is 0.791. The molecule has 5 heteroatoms. The van der Waals surface area contributed by atoms with Crippen LogP contribution < -0.4 is 0 Å². The van der Waals surface area contributed by atoms with Gasteiger partial charge in [0.25, 0.3) is 0 Å². The SMILES string of the molecule is C.OCc1cnc(-n2ccnc2)nc1. The van der Waals surface area contributed by atoms with Crippen LogP contribution in [0.25, 0.3) is 5.95 Å². The summed E-state index contributed by atoms with van der Waals surface area (Å²) in [6.45, 7) is -0.0375. The highest BCUT2D eigenvalue weighted by Gasteiger charge is 1.97. The van der Waals surface area contributed by atoms with E-state index in [-0.39, 0.29) is 14.0 Å². The number of hydrogen-bond donors (Lipinski definition) is 1. The Hall–Kier alpha value is -1.75. The lowest BCUT2D eigenvalue weighted by molar-refractivity contribution is 0.281. The van der Waals surface area contributed by atoms with Crippen molar-refractivity contribution in [2.75, 3.05) is 0 Å². The number of hydrogen-bond acceptors (Lipinski definition) is 4. The normalized spacial score (nSPS) is 9.50. The van der Waals surface area contributed by atoms with Crippen molar-refractivity contribution in [1.82, 2.24) is 19.5 Å². The topological polar surface area (TPSA) is 63.8 Å². The molecule has 0 fully saturated rings. The molecule has 0 unspecified atom stereocenters. The second kappa shape index (κ2) is 4.48. The molecule has 74 valence electrons. The highest BCUT2D eigenvalue weighted by Crippen LogP contribution is 2.00. The predicted molar refractivity (Wildman–Crippen MR) is 51.8 cm³/mol. The molecule has 2 rings (SSSR count). The summed E-state index contributed by atoms with van der Waals surface area (Å²) < 4.78 is 1.70. The molecule has 2 aromatic rings. The Bertz CT molecular complexity index is 368. The van der Waals surface area contributed by atoms with E-state index in [1.54, 1.807) is 35.7 Å². The van der Waals surface area contributed by atoms with E-state index in [4.69, 9.17) is 5.11 Å². The molecular weight excluding hydrogens is 180 g/mol. The van der Waals surface area contributed by atoms with Gasteiger partial charge in [0.15, 0.2) is 0 Å². The van der Waals surface area contributed by atoms with Crippen LogP contribution >= 0.6 is 0 Å². The Labute approximate surface area is 82.1 Å². The largest absolute Gasteiger partial charge is 0.392 e. The monoisotopic (exact) mass is 192 g/mol. The first-order valence-electron chi connectivity index (χ1n) is 3.80. The van der Waals surface area contributed by atoms with Gasteiger partial charge in [-0.1, -0.05) is 7.43 Å². The zero-order valence-corrected chi connectivity index (χ0v) is 6.83. The Morgan fingerprint density at radius 2 is 2.00 bits per heavy atom. The molecule has 2 aromatic heterocycles. The smallest absolute Gasteiger partial charge is 0.234 e. The molecule has 1 N–H and O–H groups in total. The van der Waals surface area contributed by atoms with Crippen molar-refractivity contribution in [3.8, 4) is 5.95 Å². The molecule has 0 aliphatic heterocycles. The molecule has 0 saturated heterocycles. The second-order valence-electron chi connectivity index (χ2n) is 2.52. The average Bonchev–Trinajstić information content (AvgIpc) is 2.71. The first-order chi connectivity index (χ1) is 6.40. The van der Waals surface area contributed by atoms with Gasteiger partial charge in [0.2, 0.25) is 5.95 Å². The molecule has 14 heavy (non-hydrogen) atoms. The van der Waals surface area contributed by atoms with Crippen LogP contribution in [0.1, 0.15) is 13.0 Å². The molecular formula is C9H12N4O. The quantitative estimate of drug-likeness (QED) is 0.764. The average molecular weight is 192 g/mol. The third-order valence-electron chi connectivity index (χ3n) is 1.61. The molecule has 5 nitrogen and oxygen atoms in total. The van der Waals surface area contributed by atoms with Gasteiger partial charge in [-0.05, 0) is 0 Å². The van der Waals surface area contributed by atoms with Crippen LogP contribution in [-0.2, 0) is 6.61 Å². The van der Waals surface area contributed by atoms with Gasteiger partial charge in [-0.25, -0.2) is 15.0 Å². The zero-order chi connectivity index (χ0) is 9.10. The molecule has 0 aromatic carbocycles. The summed E-state index contributed by atoms with van der Waals surface area (Å²) in [5.74, 6) is 0.551. The number of rotatable bonds is 2. The van der Waals surface area contributed by atoms with E-state index in [9.17, 15) is 0 Å². The van der Waals surface area contributed by atoms with Crippen molar-refractivity contribution in [3.05, 3.63) is 36.7 Å². The summed E-state index contributed by atoms with van der Waals surface area (Å²) in [5.41, 5.74) is 0.698. The minimum Gasteiger partial charge on any atom is -0.392 e. The van der Waals surface area contributed by atoms with Crippen LogP contribution in [0.4, 0.5) is 0 Å². The summed E-state index contributed by atoms with van der Waals surface area (Å²) in [5, 5.41) is 8.76. The molecule has 2 heterocycles. The lowest BCUT2D eigenvalue weighted by Gasteiger charge is -1.99. The third-order valence-corrected chi connectivity index (χ3v) is 1.61. The second-order valence-corrected chi connectivity index (χ2v) is 2.52. The van der Waals surface area contributed by atoms with Gasteiger partial charge >= 0.3 is 0 Å². The number of aliphatic hydroxyl groups is 1. The van der Waals surface area contributed by atoms with Gasteiger partial charge in [0.05, 0.1) is 6.61 Å². The van der Waals surface area contributed by atoms with Gasteiger partial charge in [0, 0.05) is 30.4 Å². The summed E-state index contributed by atoms with van der Waals surface area (Å²) >= 11 is 0. The van der Waals surface area contributed by atoms with E-state index in [1.165, 1.54) is 0 Å². The molecule has 0 aliphatic rings. The summed E-state index contributed by atoms with van der Waals surface area (Å²) in [4.78, 5) is 12.0. The lowest BCUT2D eigenvalue weighted by atomic mass is 10.4. The number of aliphatic hydroxyl groups excluding tert-OH is 1. The van der Waals surface area contributed by atoms with Crippen molar-refractivity contribution in [3.63, 3.8) is 0 Å². The van der Waals surface area contributed by atoms with Crippen molar-refractivity contribution < 1.29 is 5.11 Å². The van der Waals surface area contributed by atoms with E-state index in [0.29, 0.717) is 11.5 Å². The van der Waals surface area contributed by atoms with Crippen LogP contribution in [0, 0.1) is 0 Å². The Kier molecular flexibility index (Phi) is 3.30. The van der Waals surface area contributed by atoms with E-state index < -0.39 is 0 Å². The van der Waals surface area contributed by atoms with Crippen LogP contribution in [0.5, 0.6) is 0 Å². The van der Waals surface area contributed by atoms with Gasteiger partial charge < -0.3 is 5.11 Å². The van der Waals surface area contributed by atoms with Gasteiger partial charge in [-0.3, -0.25) is 4.57 Å². The summed E-state index contributed by atoms with van der Waals surface area (Å²) in [7, 11) is 0. The third kappa shape index (κ3) is 1.94. The molecule has 0 aliphatic carbocycles. The summed E-state index contributed by atoms with van der Waals surface area (Å²) in [6.07, 6.45) is 8.20. The molecule has 0 amide bonds. The van der Waals surface area contributed by atoms with Gasteiger partial charge in [0.1, 0.15) is 6.33 Å². The van der Waals surface area contributed by atoms with E-state index in [0.717, 1.165) is 0 Å². The minimum atomic E-state index is -0.0375. The first-order valence-corrected chi connectivity index (χ1v) is 3.80. The van der Waals surface area contributed by atoms with Crippen LogP contribution in [0.15, 0.2) is 31.1 Å². The number of nitrogens with zero attached hydrogens (tertiary/aromatic N) is 4. The van der Waals surface area contributed by atoms with Crippen molar-refractivity contribution in [2.24, 2.45) is 0 Å². The maximum atomic E-state index is 8.76. The maximum Gasteiger partial charge on any atom is 0.234 e. The molecule has 0 atom stereocenters. The van der Waals surface area contributed by atoms with Gasteiger partial charge in [-0.2, -0.15) is 0 Å². The van der Waals surface area contributed by atoms with Crippen molar-refractivity contribution in [1.29, 1.82) is 0 Å². The van der Waals surface area contributed by atoms with Crippen LogP contribution in [-0.4, -0.2) is 24.6 Å². The molecule has 0 spiro atoms. The number of imidazole rings is 1. The summed E-state index contributed by atoms with van der Waals surface area (Å²) in [6, 6.07) is 0. The minimum absolute atomic E-state index is 0. The maximum absolute atomic E-state index is 8.76. The Morgan fingerprint density at radius 3 is 2.50 bits per heavy atom. The van der Waals surface area contributed by atoms with Crippen molar-refractivity contribution >= 4 is 0 Å². The molecule has 0 radical (unpaired) electrons. The van der Waals surface area contributed by atoms with Gasteiger partial charge in [-0.15, -0.1) is 0 Å². The van der Waals surface area contributed by atoms with E-state index in [2.05, 4.69) is 15.0 Å². The van der Waals surface area contributed by atoms with E-state index >= 15 is 0 Å². The number of aromatic nitrogens is 4. The lowest BCUT2D eigenvalue weighted by Crippen LogP contribution is -1.99. The molecule has 0 bridgehead atoms. The molecule has 0 saturated carbocycles. The zero-order valence-electron chi connectivity index (χ0n) is 6.83. The van der Waals surface area contributed by atoms with E-state index in [1.807, 2.05) is 0 Å². The van der Waals surface area contributed by atoms with Crippen LogP contribution in [0.3, 0.4) is 0 Å². The van der Waals surface area contributed by atoms with Crippen molar-refractivity contribution in [2.45, 2.75) is 14.0 Å². The van der Waals surface area contributed by atoms with Crippen LogP contribution in [0.2, 0.25) is 0 Å². The highest BCUT2D eigenvalue weighted by molar-refractivity contribution is 5.13. The Morgan fingerprint density at radius 1 is 1.29 bits per heavy atom. The highest BCUT2D eigenvalue weighted by atomic mass is 16.3. The first kappa shape index (κ1) is 10.3. The standard InChI is InChI=1S/C8H8N4O.CH4/c13-5-7-3-10-8(11-4-7)12-2-1-9-6-12;/h1-4,6,13H,5H2;1H4. The Balaban J connectivity index is 0.000000980.